The van der Waals surface area contributed by atoms with Crippen LogP contribution in [-0.4, -0.2) is 21.4 Å². The Bertz CT molecular complexity index is 772. The number of rotatable bonds is 3. The van der Waals surface area contributed by atoms with Crippen LogP contribution in [0, 0.1) is 11.6 Å². The van der Waals surface area contributed by atoms with E-state index in [9.17, 15) is 8.78 Å². The molecule has 1 N–H and O–H groups in total. The van der Waals surface area contributed by atoms with E-state index in [4.69, 9.17) is 0 Å². The van der Waals surface area contributed by atoms with Gasteiger partial charge in [0, 0.05) is 24.3 Å². The quantitative estimate of drug-likeness (QED) is 0.805. The van der Waals surface area contributed by atoms with Crippen molar-refractivity contribution >= 4 is 23.2 Å². The van der Waals surface area contributed by atoms with Gasteiger partial charge >= 0.3 is 0 Å². The van der Waals surface area contributed by atoms with Gasteiger partial charge in [0.15, 0.2) is 17.3 Å². The highest BCUT2D eigenvalue weighted by atomic mass is 32.2. The molecule has 0 aliphatic carbocycles. The lowest BCUT2D eigenvalue weighted by molar-refractivity contribution is 0.506. The molecule has 4 nitrogen and oxygen atoms in total. The fourth-order valence-corrected chi connectivity index (χ4v) is 2.66. The lowest BCUT2D eigenvalue weighted by Crippen LogP contribution is -1.98. The van der Waals surface area contributed by atoms with Gasteiger partial charge in [-0.3, -0.25) is 0 Å². The van der Waals surface area contributed by atoms with Crippen molar-refractivity contribution in [3.05, 3.63) is 48.4 Å². The molecule has 0 atom stereocenters. The Balaban J connectivity index is 2.04. The molecule has 7 heteroatoms. The highest BCUT2D eigenvalue weighted by Gasteiger charge is 2.10. The molecule has 2 heterocycles. The van der Waals surface area contributed by atoms with Crippen molar-refractivity contribution in [1.82, 2.24) is 14.4 Å². The molecular formula is C13H10F2N4S. The number of nitrogens with zero attached hydrogens (tertiary/aromatic N) is 3. The van der Waals surface area contributed by atoms with Crippen LogP contribution in [0.5, 0.6) is 0 Å². The van der Waals surface area contributed by atoms with Crippen molar-refractivity contribution < 1.29 is 8.78 Å². The van der Waals surface area contributed by atoms with Gasteiger partial charge in [0.05, 0.1) is 6.20 Å². The average molecular weight is 292 g/mol. The molecule has 0 saturated heterocycles. The second-order valence-electron chi connectivity index (χ2n) is 4.02. The number of anilines is 1. The number of fused-ring (bicyclic) bond motifs is 1. The van der Waals surface area contributed by atoms with Crippen LogP contribution in [0.1, 0.15) is 0 Å². The topological polar surface area (TPSA) is 42.2 Å². The fraction of sp³-hybridized carbons (Fsp3) is 0.0769. The molecule has 0 amide bonds. The van der Waals surface area contributed by atoms with Gasteiger partial charge in [-0.2, -0.15) is 0 Å². The SMILES string of the molecule is CNc1cn2ccnc2c(Sc2ccc(F)c(F)c2)n1. The number of imidazole rings is 1. The summed E-state index contributed by atoms with van der Waals surface area (Å²) in [4.78, 5) is 9.17. The number of nitrogens with one attached hydrogen (secondary N) is 1. The summed E-state index contributed by atoms with van der Waals surface area (Å²) in [6.45, 7) is 0. The first-order valence-electron chi connectivity index (χ1n) is 5.82. The molecule has 20 heavy (non-hydrogen) atoms. The minimum absolute atomic E-state index is 0.564. The zero-order valence-electron chi connectivity index (χ0n) is 10.5. The highest BCUT2D eigenvalue weighted by molar-refractivity contribution is 7.99. The molecule has 0 unspecified atom stereocenters. The summed E-state index contributed by atoms with van der Waals surface area (Å²) in [5.74, 6) is -1.07. The Morgan fingerprint density at radius 1 is 1.25 bits per heavy atom. The Morgan fingerprint density at radius 2 is 2.10 bits per heavy atom. The van der Waals surface area contributed by atoms with Crippen LogP contribution < -0.4 is 5.32 Å². The maximum absolute atomic E-state index is 13.2. The molecule has 102 valence electrons. The molecule has 0 saturated carbocycles. The number of halogens is 2. The first-order valence-corrected chi connectivity index (χ1v) is 6.63. The van der Waals surface area contributed by atoms with Gasteiger partial charge in [0.25, 0.3) is 0 Å². The van der Waals surface area contributed by atoms with Gasteiger partial charge in [-0.05, 0) is 18.2 Å². The van der Waals surface area contributed by atoms with Crippen molar-refractivity contribution in [2.24, 2.45) is 0 Å². The molecule has 3 aromatic rings. The van der Waals surface area contributed by atoms with Crippen LogP contribution in [0.3, 0.4) is 0 Å². The largest absolute Gasteiger partial charge is 0.372 e. The molecule has 0 aliphatic heterocycles. The molecule has 0 spiro atoms. The number of hydrogen-bond donors (Lipinski definition) is 1. The summed E-state index contributed by atoms with van der Waals surface area (Å²) >= 11 is 1.23. The Kier molecular flexibility index (Phi) is 3.27. The lowest BCUT2D eigenvalue weighted by atomic mass is 10.3. The minimum Gasteiger partial charge on any atom is -0.372 e. The van der Waals surface area contributed by atoms with Gasteiger partial charge in [0.1, 0.15) is 10.8 Å². The maximum Gasteiger partial charge on any atom is 0.170 e. The summed E-state index contributed by atoms with van der Waals surface area (Å²) in [7, 11) is 1.76. The van der Waals surface area contributed by atoms with Gasteiger partial charge in [-0.1, -0.05) is 11.8 Å². The van der Waals surface area contributed by atoms with E-state index in [1.54, 1.807) is 25.6 Å². The Morgan fingerprint density at radius 3 is 2.85 bits per heavy atom. The summed E-state index contributed by atoms with van der Waals surface area (Å²) in [6, 6.07) is 3.76. The van der Waals surface area contributed by atoms with E-state index in [2.05, 4.69) is 15.3 Å². The van der Waals surface area contributed by atoms with E-state index in [0.717, 1.165) is 12.1 Å². The predicted octanol–water partition coefficient (Wildman–Crippen LogP) is 3.20. The predicted molar refractivity (Wildman–Crippen MR) is 73.0 cm³/mol. The molecule has 0 fully saturated rings. The first kappa shape index (κ1) is 12.9. The third-order valence-corrected chi connectivity index (χ3v) is 3.66. The zero-order chi connectivity index (χ0) is 14.1. The number of benzene rings is 1. The van der Waals surface area contributed by atoms with Crippen molar-refractivity contribution in [3.63, 3.8) is 0 Å². The molecule has 3 rings (SSSR count). The second kappa shape index (κ2) is 5.09. The molecule has 0 radical (unpaired) electrons. The van der Waals surface area contributed by atoms with Crippen LogP contribution in [-0.2, 0) is 0 Å². The van der Waals surface area contributed by atoms with Crippen molar-refractivity contribution in [3.8, 4) is 0 Å². The van der Waals surface area contributed by atoms with Crippen LogP contribution in [0.25, 0.3) is 5.65 Å². The van der Waals surface area contributed by atoms with Crippen LogP contribution in [0.15, 0.2) is 46.7 Å². The average Bonchev–Trinajstić information content (AvgIpc) is 2.91. The second-order valence-corrected chi connectivity index (χ2v) is 5.08. The molecule has 2 aromatic heterocycles. The van der Waals surface area contributed by atoms with Crippen LogP contribution in [0.2, 0.25) is 0 Å². The third kappa shape index (κ3) is 2.32. The van der Waals surface area contributed by atoms with Crippen molar-refractivity contribution in [1.29, 1.82) is 0 Å². The van der Waals surface area contributed by atoms with Crippen molar-refractivity contribution in [2.75, 3.05) is 12.4 Å². The van der Waals surface area contributed by atoms with Gasteiger partial charge in [-0.15, -0.1) is 0 Å². The molecule has 0 bridgehead atoms. The Labute approximate surface area is 117 Å². The van der Waals surface area contributed by atoms with E-state index < -0.39 is 11.6 Å². The van der Waals surface area contributed by atoms with E-state index in [-0.39, 0.29) is 0 Å². The van der Waals surface area contributed by atoms with Gasteiger partial charge in [-0.25, -0.2) is 18.7 Å². The lowest BCUT2D eigenvalue weighted by Gasteiger charge is -2.06. The highest BCUT2D eigenvalue weighted by Crippen LogP contribution is 2.30. The fourth-order valence-electron chi connectivity index (χ4n) is 1.74. The van der Waals surface area contributed by atoms with E-state index >= 15 is 0 Å². The Hall–Kier alpha value is -2.15. The summed E-state index contributed by atoms with van der Waals surface area (Å²) < 4.78 is 28.0. The summed E-state index contributed by atoms with van der Waals surface area (Å²) in [6.07, 6.45) is 5.26. The van der Waals surface area contributed by atoms with Crippen LogP contribution in [0.4, 0.5) is 14.6 Å². The monoisotopic (exact) mass is 292 g/mol. The number of aromatic nitrogens is 3. The van der Waals surface area contributed by atoms with E-state index in [0.29, 0.717) is 21.4 Å². The van der Waals surface area contributed by atoms with Gasteiger partial charge in [0.2, 0.25) is 0 Å². The standard InChI is InChI=1S/C13H10F2N4S/c1-16-11-7-19-5-4-17-12(19)13(18-11)20-8-2-3-9(14)10(15)6-8/h2-7,16H,1H3. The third-order valence-electron chi connectivity index (χ3n) is 2.71. The normalized spacial score (nSPS) is 10.9. The van der Waals surface area contributed by atoms with E-state index in [1.807, 2.05) is 4.40 Å². The molecule has 0 aliphatic rings. The zero-order valence-corrected chi connectivity index (χ0v) is 11.3. The summed E-state index contributed by atoms with van der Waals surface area (Å²) in [5, 5.41) is 3.57. The number of hydrogen-bond acceptors (Lipinski definition) is 4. The van der Waals surface area contributed by atoms with Crippen molar-refractivity contribution in [2.45, 2.75) is 9.92 Å². The van der Waals surface area contributed by atoms with E-state index in [1.165, 1.54) is 17.8 Å². The maximum atomic E-state index is 13.2. The smallest absolute Gasteiger partial charge is 0.170 e. The molecule has 1 aromatic carbocycles. The minimum atomic E-state index is -0.876. The van der Waals surface area contributed by atoms with Gasteiger partial charge < -0.3 is 9.72 Å². The van der Waals surface area contributed by atoms with Crippen LogP contribution >= 0.6 is 11.8 Å². The first-order chi connectivity index (χ1) is 9.67. The summed E-state index contributed by atoms with van der Waals surface area (Å²) in [5.41, 5.74) is 0.665. The molecular weight excluding hydrogens is 282 g/mol.